The van der Waals surface area contributed by atoms with Gasteiger partial charge in [0.15, 0.2) is 0 Å². The second-order valence-corrected chi connectivity index (χ2v) is 4.98. The van der Waals surface area contributed by atoms with Crippen LogP contribution in [-0.4, -0.2) is 50.1 Å². The predicted octanol–water partition coefficient (Wildman–Crippen LogP) is -0.106. The van der Waals surface area contributed by atoms with Crippen molar-refractivity contribution in [3.63, 3.8) is 0 Å². The summed E-state index contributed by atoms with van der Waals surface area (Å²) in [6.07, 6.45) is 5.15. The molecule has 1 fully saturated rings. The van der Waals surface area contributed by atoms with Gasteiger partial charge in [0.2, 0.25) is 5.91 Å². The number of amides is 1. The van der Waals surface area contributed by atoms with Crippen LogP contribution in [0, 0.1) is 5.92 Å². The molecular weight excluding hydrogens is 214 g/mol. The summed E-state index contributed by atoms with van der Waals surface area (Å²) in [7, 11) is 0. The van der Waals surface area contributed by atoms with Gasteiger partial charge in [0.25, 0.3) is 0 Å². The second kappa shape index (κ2) is 4.63. The van der Waals surface area contributed by atoms with E-state index in [1.54, 1.807) is 0 Å². The number of hydrogen-bond acceptors (Lipinski definition) is 3. The largest absolute Gasteiger partial charge is 0.340 e. The fourth-order valence-electron chi connectivity index (χ4n) is 2.82. The smallest absolute Gasteiger partial charge is 0.229 e. The molecular formula is C13H19N3O. The molecule has 0 spiro atoms. The summed E-state index contributed by atoms with van der Waals surface area (Å²) in [5.41, 5.74) is 2.83. The van der Waals surface area contributed by atoms with Crippen molar-refractivity contribution in [1.29, 1.82) is 0 Å². The van der Waals surface area contributed by atoms with Gasteiger partial charge >= 0.3 is 0 Å². The van der Waals surface area contributed by atoms with Crippen molar-refractivity contribution in [3.05, 3.63) is 23.3 Å². The first-order valence-electron chi connectivity index (χ1n) is 6.44. The SMILES string of the molecule is O=C(C1C=CC2=C(CNC2)C1)N1CCNCC1. The van der Waals surface area contributed by atoms with Gasteiger partial charge in [-0.05, 0) is 12.0 Å². The molecule has 4 nitrogen and oxygen atoms in total. The maximum atomic E-state index is 12.3. The molecule has 1 saturated heterocycles. The maximum Gasteiger partial charge on any atom is 0.229 e. The normalized spacial score (nSPS) is 28.5. The average molecular weight is 233 g/mol. The fourth-order valence-corrected chi connectivity index (χ4v) is 2.82. The number of nitrogens with one attached hydrogen (secondary N) is 2. The van der Waals surface area contributed by atoms with Crippen molar-refractivity contribution in [2.75, 3.05) is 39.3 Å². The summed E-state index contributed by atoms with van der Waals surface area (Å²) in [6, 6.07) is 0. The first kappa shape index (κ1) is 11.0. The fraction of sp³-hybridized carbons (Fsp3) is 0.615. The van der Waals surface area contributed by atoms with Crippen LogP contribution in [0.1, 0.15) is 6.42 Å². The van der Waals surface area contributed by atoms with Crippen molar-refractivity contribution in [1.82, 2.24) is 15.5 Å². The van der Waals surface area contributed by atoms with E-state index >= 15 is 0 Å². The minimum absolute atomic E-state index is 0.0757. The number of hydrogen-bond donors (Lipinski definition) is 2. The van der Waals surface area contributed by atoms with Crippen molar-refractivity contribution >= 4 is 5.91 Å². The van der Waals surface area contributed by atoms with Gasteiger partial charge in [0, 0.05) is 39.3 Å². The highest BCUT2D eigenvalue weighted by Crippen LogP contribution is 2.27. The summed E-state index contributed by atoms with van der Waals surface area (Å²) in [4.78, 5) is 14.3. The van der Waals surface area contributed by atoms with Gasteiger partial charge in [-0.15, -0.1) is 0 Å². The first-order valence-corrected chi connectivity index (χ1v) is 6.44. The lowest BCUT2D eigenvalue weighted by molar-refractivity contribution is -0.134. The van der Waals surface area contributed by atoms with E-state index in [1.165, 1.54) is 11.1 Å². The van der Waals surface area contributed by atoms with Gasteiger partial charge in [0.1, 0.15) is 0 Å². The molecule has 17 heavy (non-hydrogen) atoms. The van der Waals surface area contributed by atoms with Crippen LogP contribution in [0.2, 0.25) is 0 Å². The molecule has 0 aromatic carbocycles. The molecule has 1 amide bonds. The Morgan fingerprint density at radius 3 is 2.88 bits per heavy atom. The molecule has 0 radical (unpaired) electrons. The molecule has 0 bridgehead atoms. The van der Waals surface area contributed by atoms with E-state index in [-0.39, 0.29) is 5.92 Å². The summed E-state index contributed by atoms with van der Waals surface area (Å²) in [5.74, 6) is 0.382. The molecule has 0 aromatic heterocycles. The van der Waals surface area contributed by atoms with Gasteiger partial charge in [-0.1, -0.05) is 17.7 Å². The molecule has 2 N–H and O–H groups in total. The third-order valence-electron chi connectivity index (χ3n) is 3.85. The number of nitrogens with zero attached hydrogens (tertiary/aromatic N) is 1. The van der Waals surface area contributed by atoms with E-state index in [0.717, 1.165) is 45.7 Å². The molecule has 1 unspecified atom stereocenters. The van der Waals surface area contributed by atoms with E-state index in [1.807, 2.05) is 4.90 Å². The minimum Gasteiger partial charge on any atom is -0.340 e. The summed E-state index contributed by atoms with van der Waals surface area (Å²) < 4.78 is 0. The van der Waals surface area contributed by atoms with Crippen molar-refractivity contribution in [2.24, 2.45) is 5.92 Å². The van der Waals surface area contributed by atoms with Crippen LogP contribution >= 0.6 is 0 Å². The molecule has 0 aromatic rings. The van der Waals surface area contributed by atoms with Gasteiger partial charge < -0.3 is 15.5 Å². The number of rotatable bonds is 1. The summed E-state index contributed by atoms with van der Waals surface area (Å²) in [5, 5.41) is 6.62. The lowest BCUT2D eigenvalue weighted by Gasteiger charge is -2.31. The molecule has 92 valence electrons. The topological polar surface area (TPSA) is 44.4 Å². The third kappa shape index (κ3) is 2.15. The molecule has 1 atom stereocenters. The third-order valence-corrected chi connectivity index (χ3v) is 3.85. The van der Waals surface area contributed by atoms with Crippen LogP contribution in [0.4, 0.5) is 0 Å². The molecule has 2 heterocycles. The zero-order valence-electron chi connectivity index (χ0n) is 10.0. The summed E-state index contributed by atoms with van der Waals surface area (Å²) in [6.45, 7) is 5.50. The molecule has 0 saturated carbocycles. The predicted molar refractivity (Wildman–Crippen MR) is 66.6 cm³/mol. The Balaban J connectivity index is 1.66. The highest BCUT2D eigenvalue weighted by atomic mass is 16.2. The first-order chi connectivity index (χ1) is 8.34. The van der Waals surface area contributed by atoms with E-state index in [2.05, 4.69) is 22.8 Å². The maximum absolute atomic E-state index is 12.3. The van der Waals surface area contributed by atoms with Gasteiger partial charge in [-0.25, -0.2) is 0 Å². The minimum atomic E-state index is 0.0757. The van der Waals surface area contributed by atoms with Crippen molar-refractivity contribution < 1.29 is 4.79 Å². The number of carbonyl (C=O) groups is 1. The van der Waals surface area contributed by atoms with Crippen LogP contribution in [-0.2, 0) is 4.79 Å². The highest BCUT2D eigenvalue weighted by Gasteiger charge is 2.28. The lowest BCUT2D eigenvalue weighted by atomic mass is 9.90. The monoisotopic (exact) mass is 233 g/mol. The van der Waals surface area contributed by atoms with Crippen LogP contribution in [0.25, 0.3) is 0 Å². The highest BCUT2D eigenvalue weighted by molar-refractivity contribution is 5.81. The van der Waals surface area contributed by atoms with Crippen LogP contribution < -0.4 is 10.6 Å². The molecule has 3 rings (SSSR count). The Morgan fingerprint density at radius 1 is 1.24 bits per heavy atom. The number of piperazine rings is 1. The molecule has 1 aliphatic carbocycles. The zero-order chi connectivity index (χ0) is 11.7. The molecule has 2 aliphatic heterocycles. The Hall–Kier alpha value is -1.13. The number of carbonyl (C=O) groups excluding carboxylic acids is 1. The van der Waals surface area contributed by atoms with E-state index in [9.17, 15) is 4.79 Å². The average Bonchev–Trinajstić information content (AvgIpc) is 2.86. The summed E-state index contributed by atoms with van der Waals surface area (Å²) >= 11 is 0. The van der Waals surface area contributed by atoms with E-state index in [0.29, 0.717) is 5.91 Å². The Labute approximate surface area is 102 Å². The van der Waals surface area contributed by atoms with E-state index in [4.69, 9.17) is 0 Å². The zero-order valence-corrected chi connectivity index (χ0v) is 10.0. The molecule has 4 heteroatoms. The molecule has 3 aliphatic rings. The van der Waals surface area contributed by atoms with Crippen LogP contribution in [0.15, 0.2) is 23.3 Å². The van der Waals surface area contributed by atoms with E-state index < -0.39 is 0 Å². The Morgan fingerprint density at radius 2 is 2.06 bits per heavy atom. The van der Waals surface area contributed by atoms with Crippen molar-refractivity contribution in [2.45, 2.75) is 6.42 Å². The second-order valence-electron chi connectivity index (χ2n) is 4.98. The van der Waals surface area contributed by atoms with Crippen LogP contribution in [0.3, 0.4) is 0 Å². The Kier molecular flexibility index (Phi) is 2.99. The van der Waals surface area contributed by atoms with Gasteiger partial charge in [0.05, 0.1) is 5.92 Å². The standard InChI is InChI=1S/C13H19N3O/c17-13(16-5-3-14-4-6-16)10-1-2-11-8-15-9-12(11)7-10/h1-2,10,14-15H,3-9H2. The Bertz CT molecular complexity index is 380. The quantitative estimate of drug-likeness (QED) is 0.664. The van der Waals surface area contributed by atoms with Gasteiger partial charge in [-0.3, -0.25) is 4.79 Å². The lowest BCUT2D eigenvalue weighted by Crippen LogP contribution is -2.48. The van der Waals surface area contributed by atoms with Gasteiger partial charge in [-0.2, -0.15) is 0 Å². The van der Waals surface area contributed by atoms with Crippen molar-refractivity contribution in [3.8, 4) is 0 Å². The van der Waals surface area contributed by atoms with Crippen LogP contribution in [0.5, 0.6) is 0 Å².